The van der Waals surface area contributed by atoms with Crippen LogP contribution in [0.15, 0.2) is 48.5 Å². The van der Waals surface area contributed by atoms with Crippen LogP contribution in [-0.2, 0) is 4.79 Å². The van der Waals surface area contributed by atoms with E-state index in [2.05, 4.69) is 41.4 Å². The first-order valence-corrected chi connectivity index (χ1v) is 11.1. The summed E-state index contributed by atoms with van der Waals surface area (Å²) in [5.41, 5.74) is 3.73. The summed E-state index contributed by atoms with van der Waals surface area (Å²) in [5.74, 6) is 0.747. The number of hydrogen-bond acceptors (Lipinski definition) is 3. The summed E-state index contributed by atoms with van der Waals surface area (Å²) in [6.07, 6.45) is 4.01. The number of amides is 2. The monoisotopic (exact) mass is 405 g/mol. The SMILES string of the molecule is C[C@@H]1CCCN(c2ccc([C@@H](C)NC(=O)c3cccc(N4CCCC4=O)c3)cc2)C1. The van der Waals surface area contributed by atoms with Crippen LogP contribution in [0.3, 0.4) is 0 Å². The second kappa shape index (κ2) is 8.90. The molecule has 2 aliphatic rings. The lowest BCUT2D eigenvalue weighted by Crippen LogP contribution is -2.34. The van der Waals surface area contributed by atoms with Crippen LogP contribution in [0.1, 0.15) is 61.5 Å². The maximum Gasteiger partial charge on any atom is 0.251 e. The van der Waals surface area contributed by atoms with E-state index in [-0.39, 0.29) is 17.9 Å². The molecule has 2 saturated heterocycles. The second-order valence-corrected chi connectivity index (χ2v) is 8.68. The van der Waals surface area contributed by atoms with E-state index in [0.29, 0.717) is 12.0 Å². The molecule has 2 heterocycles. The molecule has 0 unspecified atom stereocenters. The van der Waals surface area contributed by atoms with E-state index in [9.17, 15) is 9.59 Å². The quantitative estimate of drug-likeness (QED) is 0.795. The van der Waals surface area contributed by atoms with Gasteiger partial charge in [-0.3, -0.25) is 9.59 Å². The fourth-order valence-corrected chi connectivity index (χ4v) is 4.50. The molecule has 5 heteroatoms. The number of nitrogens with one attached hydrogen (secondary N) is 1. The molecule has 30 heavy (non-hydrogen) atoms. The molecular weight excluding hydrogens is 374 g/mol. The van der Waals surface area contributed by atoms with Gasteiger partial charge >= 0.3 is 0 Å². The van der Waals surface area contributed by atoms with Gasteiger partial charge in [-0.15, -0.1) is 0 Å². The minimum Gasteiger partial charge on any atom is -0.371 e. The molecule has 0 bridgehead atoms. The average molecular weight is 406 g/mol. The highest BCUT2D eigenvalue weighted by molar-refractivity contribution is 5.99. The van der Waals surface area contributed by atoms with Crippen molar-refractivity contribution < 1.29 is 9.59 Å². The summed E-state index contributed by atoms with van der Waals surface area (Å²) < 4.78 is 0. The predicted octanol–water partition coefficient (Wildman–Crippen LogP) is 4.54. The van der Waals surface area contributed by atoms with Gasteiger partial charge in [0.05, 0.1) is 6.04 Å². The first kappa shape index (κ1) is 20.5. The van der Waals surface area contributed by atoms with Gasteiger partial charge < -0.3 is 15.1 Å². The molecule has 158 valence electrons. The largest absolute Gasteiger partial charge is 0.371 e. The molecular formula is C25H31N3O2. The van der Waals surface area contributed by atoms with Gasteiger partial charge in [-0.05, 0) is 68.0 Å². The summed E-state index contributed by atoms with van der Waals surface area (Å²) in [6.45, 7) is 7.27. The smallest absolute Gasteiger partial charge is 0.251 e. The Bertz CT molecular complexity index is 909. The third-order valence-electron chi connectivity index (χ3n) is 6.26. The van der Waals surface area contributed by atoms with Gasteiger partial charge in [-0.2, -0.15) is 0 Å². The van der Waals surface area contributed by atoms with E-state index in [1.165, 1.54) is 18.5 Å². The third-order valence-corrected chi connectivity index (χ3v) is 6.26. The highest BCUT2D eigenvalue weighted by Crippen LogP contribution is 2.25. The van der Waals surface area contributed by atoms with Gasteiger partial charge in [-0.25, -0.2) is 0 Å². The zero-order valence-electron chi connectivity index (χ0n) is 17.9. The average Bonchev–Trinajstić information content (AvgIpc) is 3.20. The molecule has 2 aliphatic heterocycles. The summed E-state index contributed by atoms with van der Waals surface area (Å²) in [6, 6.07) is 15.8. The fourth-order valence-electron chi connectivity index (χ4n) is 4.50. The summed E-state index contributed by atoms with van der Waals surface area (Å²) in [7, 11) is 0. The Hall–Kier alpha value is -2.82. The van der Waals surface area contributed by atoms with Crippen molar-refractivity contribution in [3.8, 4) is 0 Å². The highest BCUT2D eigenvalue weighted by atomic mass is 16.2. The standard InChI is InChI=1S/C25H31N3O2/c1-18-6-4-14-27(17-18)22-12-10-20(11-13-22)19(2)26-25(30)21-7-3-8-23(16-21)28-15-5-9-24(28)29/h3,7-8,10-13,16,18-19H,4-6,9,14-15,17H2,1-2H3,(H,26,30)/t18-,19-/m1/s1. The lowest BCUT2D eigenvalue weighted by Gasteiger charge is -2.33. The van der Waals surface area contributed by atoms with E-state index in [4.69, 9.17) is 0 Å². The van der Waals surface area contributed by atoms with Crippen LogP contribution in [0.4, 0.5) is 11.4 Å². The number of rotatable bonds is 5. The molecule has 2 amide bonds. The van der Waals surface area contributed by atoms with Crippen LogP contribution in [0, 0.1) is 5.92 Å². The molecule has 2 atom stereocenters. The van der Waals surface area contributed by atoms with Crippen molar-refractivity contribution in [2.45, 2.75) is 45.6 Å². The minimum absolute atomic E-state index is 0.0936. The van der Waals surface area contributed by atoms with Crippen molar-refractivity contribution in [2.75, 3.05) is 29.4 Å². The van der Waals surface area contributed by atoms with E-state index in [0.717, 1.165) is 43.2 Å². The topological polar surface area (TPSA) is 52.7 Å². The molecule has 1 N–H and O–H groups in total. The Morgan fingerprint density at radius 2 is 1.87 bits per heavy atom. The van der Waals surface area contributed by atoms with Crippen molar-refractivity contribution in [3.05, 3.63) is 59.7 Å². The Balaban J connectivity index is 1.40. The molecule has 2 aromatic carbocycles. The number of carbonyl (C=O) groups excluding carboxylic acids is 2. The second-order valence-electron chi connectivity index (χ2n) is 8.68. The normalized spacial score (nSPS) is 20.3. The van der Waals surface area contributed by atoms with Crippen molar-refractivity contribution in [2.24, 2.45) is 5.92 Å². The number of benzene rings is 2. The van der Waals surface area contributed by atoms with Crippen molar-refractivity contribution in [3.63, 3.8) is 0 Å². The van der Waals surface area contributed by atoms with E-state index in [1.807, 2.05) is 25.1 Å². The molecule has 0 radical (unpaired) electrons. The lowest BCUT2D eigenvalue weighted by molar-refractivity contribution is -0.117. The highest BCUT2D eigenvalue weighted by Gasteiger charge is 2.22. The predicted molar refractivity (Wildman–Crippen MR) is 121 cm³/mol. The Kier molecular flexibility index (Phi) is 6.07. The first-order valence-electron chi connectivity index (χ1n) is 11.1. The molecule has 4 rings (SSSR count). The van der Waals surface area contributed by atoms with Gasteiger partial charge in [0.25, 0.3) is 5.91 Å². The van der Waals surface area contributed by atoms with Crippen molar-refractivity contribution in [1.82, 2.24) is 5.32 Å². The molecule has 0 saturated carbocycles. The molecule has 5 nitrogen and oxygen atoms in total. The Labute approximate surface area is 179 Å². The van der Waals surface area contributed by atoms with Crippen LogP contribution < -0.4 is 15.1 Å². The van der Waals surface area contributed by atoms with Gasteiger partial charge in [-0.1, -0.05) is 25.1 Å². The number of carbonyl (C=O) groups is 2. The van der Waals surface area contributed by atoms with Crippen LogP contribution in [-0.4, -0.2) is 31.4 Å². The fraction of sp³-hybridized carbons (Fsp3) is 0.440. The zero-order valence-corrected chi connectivity index (χ0v) is 17.9. The Morgan fingerprint density at radius 1 is 1.07 bits per heavy atom. The summed E-state index contributed by atoms with van der Waals surface area (Å²) >= 11 is 0. The van der Waals surface area contributed by atoms with E-state index in [1.54, 1.807) is 11.0 Å². The van der Waals surface area contributed by atoms with Gasteiger partial charge in [0.2, 0.25) is 5.91 Å². The lowest BCUT2D eigenvalue weighted by atomic mass is 9.99. The third kappa shape index (κ3) is 4.50. The van der Waals surface area contributed by atoms with Crippen LogP contribution in [0.2, 0.25) is 0 Å². The van der Waals surface area contributed by atoms with Gasteiger partial charge in [0.1, 0.15) is 0 Å². The molecule has 2 fully saturated rings. The maximum absolute atomic E-state index is 12.8. The number of nitrogens with zero attached hydrogens (tertiary/aromatic N) is 2. The molecule has 2 aromatic rings. The van der Waals surface area contributed by atoms with Crippen LogP contribution in [0.5, 0.6) is 0 Å². The van der Waals surface area contributed by atoms with Crippen LogP contribution >= 0.6 is 0 Å². The molecule has 0 aliphatic carbocycles. The van der Waals surface area contributed by atoms with E-state index < -0.39 is 0 Å². The van der Waals surface area contributed by atoms with Gasteiger partial charge in [0, 0.05) is 43.0 Å². The number of hydrogen-bond donors (Lipinski definition) is 1. The van der Waals surface area contributed by atoms with Gasteiger partial charge in [0.15, 0.2) is 0 Å². The maximum atomic E-state index is 12.8. The number of anilines is 2. The van der Waals surface area contributed by atoms with Crippen molar-refractivity contribution >= 4 is 23.2 Å². The summed E-state index contributed by atoms with van der Waals surface area (Å²) in [4.78, 5) is 29.0. The minimum atomic E-state index is -0.120. The molecule has 0 aromatic heterocycles. The zero-order chi connectivity index (χ0) is 21.1. The first-order chi connectivity index (χ1) is 14.5. The van der Waals surface area contributed by atoms with E-state index >= 15 is 0 Å². The summed E-state index contributed by atoms with van der Waals surface area (Å²) in [5, 5.41) is 3.09. The number of piperidine rings is 1. The Morgan fingerprint density at radius 3 is 2.57 bits per heavy atom. The van der Waals surface area contributed by atoms with Crippen molar-refractivity contribution in [1.29, 1.82) is 0 Å². The molecule has 0 spiro atoms. The van der Waals surface area contributed by atoms with Crippen LogP contribution in [0.25, 0.3) is 0 Å².